The molecule has 0 spiro atoms. The van der Waals surface area contributed by atoms with Crippen molar-refractivity contribution in [3.63, 3.8) is 0 Å². The Kier molecular flexibility index (Phi) is 2.83. The van der Waals surface area contributed by atoms with Crippen molar-refractivity contribution in [3.8, 4) is 0 Å². The van der Waals surface area contributed by atoms with Crippen molar-refractivity contribution in [1.29, 1.82) is 0 Å². The highest BCUT2D eigenvalue weighted by Gasteiger charge is 2.21. The van der Waals surface area contributed by atoms with Crippen LogP contribution in [-0.2, 0) is 0 Å². The molecule has 2 N–H and O–H groups in total. The molecule has 2 heteroatoms. The van der Waals surface area contributed by atoms with Gasteiger partial charge in [0.25, 0.3) is 0 Å². The summed E-state index contributed by atoms with van der Waals surface area (Å²) in [6.07, 6.45) is 2.11. The van der Waals surface area contributed by atoms with E-state index in [0.717, 1.165) is 5.56 Å². The first kappa shape index (κ1) is 10.8. The van der Waals surface area contributed by atoms with Crippen molar-refractivity contribution < 1.29 is 5.11 Å². The SMILES string of the molecule is O[C@@H](CNC1CC1)c1ccc2ccccc2c1. The zero-order chi connectivity index (χ0) is 11.7. The molecule has 1 aliphatic rings. The van der Waals surface area contributed by atoms with Gasteiger partial charge in [-0.05, 0) is 35.2 Å². The lowest BCUT2D eigenvalue weighted by Gasteiger charge is -2.12. The summed E-state index contributed by atoms with van der Waals surface area (Å²) in [5, 5.41) is 15.9. The first-order valence-electron chi connectivity index (χ1n) is 6.23. The Morgan fingerprint density at radius 2 is 1.88 bits per heavy atom. The number of nitrogens with one attached hydrogen (secondary N) is 1. The van der Waals surface area contributed by atoms with Gasteiger partial charge in [-0.2, -0.15) is 0 Å². The third-order valence-corrected chi connectivity index (χ3v) is 3.34. The van der Waals surface area contributed by atoms with Crippen molar-refractivity contribution in [2.45, 2.75) is 25.0 Å². The number of benzene rings is 2. The average molecular weight is 227 g/mol. The molecular weight excluding hydrogens is 210 g/mol. The van der Waals surface area contributed by atoms with E-state index in [9.17, 15) is 5.11 Å². The Morgan fingerprint density at radius 1 is 1.12 bits per heavy atom. The van der Waals surface area contributed by atoms with E-state index in [1.165, 1.54) is 23.6 Å². The summed E-state index contributed by atoms with van der Waals surface area (Å²) >= 11 is 0. The van der Waals surface area contributed by atoms with E-state index in [2.05, 4.69) is 29.6 Å². The van der Waals surface area contributed by atoms with Crippen LogP contribution in [0.5, 0.6) is 0 Å². The van der Waals surface area contributed by atoms with Crippen molar-refractivity contribution in [1.82, 2.24) is 5.32 Å². The zero-order valence-electron chi connectivity index (χ0n) is 9.76. The maximum absolute atomic E-state index is 10.1. The summed E-state index contributed by atoms with van der Waals surface area (Å²) < 4.78 is 0. The number of rotatable bonds is 4. The largest absolute Gasteiger partial charge is 0.387 e. The van der Waals surface area contributed by atoms with Gasteiger partial charge in [0.15, 0.2) is 0 Å². The third-order valence-electron chi connectivity index (χ3n) is 3.34. The monoisotopic (exact) mass is 227 g/mol. The van der Waals surface area contributed by atoms with Crippen molar-refractivity contribution in [3.05, 3.63) is 48.0 Å². The highest BCUT2D eigenvalue weighted by Crippen LogP contribution is 2.22. The summed E-state index contributed by atoms with van der Waals surface area (Å²) in [4.78, 5) is 0. The van der Waals surface area contributed by atoms with E-state index in [1.807, 2.05) is 18.2 Å². The van der Waals surface area contributed by atoms with E-state index in [4.69, 9.17) is 0 Å². The number of hydrogen-bond donors (Lipinski definition) is 2. The lowest BCUT2D eigenvalue weighted by Crippen LogP contribution is -2.23. The van der Waals surface area contributed by atoms with Gasteiger partial charge in [-0.1, -0.05) is 36.4 Å². The van der Waals surface area contributed by atoms with Gasteiger partial charge in [-0.25, -0.2) is 0 Å². The third kappa shape index (κ3) is 2.48. The van der Waals surface area contributed by atoms with Crippen LogP contribution in [0.15, 0.2) is 42.5 Å². The van der Waals surface area contributed by atoms with Gasteiger partial charge in [0.2, 0.25) is 0 Å². The molecular formula is C15H17NO. The predicted octanol–water partition coefficient (Wildman–Crippen LogP) is 2.63. The summed E-state index contributed by atoms with van der Waals surface area (Å²) in [5.74, 6) is 0. The highest BCUT2D eigenvalue weighted by atomic mass is 16.3. The lowest BCUT2D eigenvalue weighted by molar-refractivity contribution is 0.174. The molecule has 88 valence electrons. The van der Waals surface area contributed by atoms with E-state index < -0.39 is 6.10 Å². The molecule has 2 aromatic carbocycles. The molecule has 1 aliphatic carbocycles. The normalized spacial score (nSPS) is 17.2. The summed E-state index contributed by atoms with van der Waals surface area (Å²) in [6.45, 7) is 0.656. The Bertz CT molecular complexity index is 519. The highest BCUT2D eigenvalue weighted by molar-refractivity contribution is 5.83. The quantitative estimate of drug-likeness (QED) is 0.841. The molecule has 0 bridgehead atoms. The molecule has 0 aromatic heterocycles. The lowest BCUT2D eigenvalue weighted by atomic mass is 10.0. The molecule has 1 atom stereocenters. The van der Waals surface area contributed by atoms with Crippen LogP contribution in [0.2, 0.25) is 0 Å². The molecule has 1 fully saturated rings. The van der Waals surface area contributed by atoms with Gasteiger partial charge in [-0.15, -0.1) is 0 Å². The minimum absolute atomic E-state index is 0.403. The van der Waals surface area contributed by atoms with E-state index in [0.29, 0.717) is 12.6 Å². The first-order chi connectivity index (χ1) is 8.33. The second-order valence-electron chi connectivity index (χ2n) is 4.80. The molecule has 0 aliphatic heterocycles. The van der Waals surface area contributed by atoms with Gasteiger partial charge < -0.3 is 10.4 Å². The molecule has 3 rings (SSSR count). The second kappa shape index (κ2) is 4.47. The van der Waals surface area contributed by atoms with Crippen LogP contribution in [-0.4, -0.2) is 17.7 Å². The van der Waals surface area contributed by atoms with Crippen molar-refractivity contribution in [2.75, 3.05) is 6.54 Å². The van der Waals surface area contributed by atoms with E-state index >= 15 is 0 Å². The average Bonchev–Trinajstić information content (AvgIpc) is 3.19. The minimum Gasteiger partial charge on any atom is -0.387 e. The molecule has 0 amide bonds. The predicted molar refractivity (Wildman–Crippen MR) is 69.9 cm³/mol. The fourth-order valence-electron chi connectivity index (χ4n) is 2.10. The van der Waals surface area contributed by atoms with Crippen LogP contribution in [0.1, 0.15) is 24.5 Å². The molecule has 0 saturated heterocycles. The van der Waals surface area contributed by atoms with Crippen LogP contribution >= 0.6 is 0 Å². The van der Waals surface area contributed by atoms with Gasteiger partial charge in [0.1, 0.15) is 0 Å². The maximum Gasteiger partial charge on any atom is 0.0914 e. The molecule has 0 unspecified atom stereocenters. The van der Waals surface area contributed by atoms with Crippen LogP contribution in [0.25, 0.3) is 10.8 Å². The van der Waals surface area contributed by atoms with E-state index in [1.54, 1.807) is 0 Å². The first-order valence-corrected chi connectivity index (χ1v) is 6.23. The standard InChI is InChI=1S/C15H17NO/c17-15(10-16-14-7-8-14)13-6-5-11-3-1-2-4-12(11)9-13/h1-6,9,14-17H,7-8,10H2/t15-/m0/s1. The van der Waals surface area contributed by atoms with Crippen LogP contribution < -0.4 is 5.32 Å². The number of hydrogen-bond acceptors (Lipinski definition) is 2. The smallest absolute Gasteiger partial charge is 0.0914 e. The summed E-state index contributed by atoms with van der Waals surface area (Å²) in [7, 11) is 0. The summed E-state index contributed by atoms with van der Waals surface area (Å²) in [5.41, 5.74) is 0.997. The van der Waals surface area contributed by atoms with Crippen molar-refractivity contribution in [2.24, 2.45) is 0 Å². The molecule has 0 heterocycles. The Hall–Kier alpha value is -1.38. The maximum atomic E-state index is 10.1. The molecule has 2 aromatic rings. The van der Waals surface area contributed by atoms with Crippen LogP contribution in [0.3, 0.4) is 0 Å². The zero-order valence-corrected chi connectivity index (χ0v) is 9.76. The summed E-state index contributed by atoms with van der Waals surface area (Å²) in [6, 6.07) is 15.0. The van der Waals surface area contributed by atoms with Gasteiger partial charge in [-0.3, -0.25) is 0 Å². The molecule has 17 heavy (non-hydrogen) atoms. The number of aliphatic hydroxyl groups is 1. The van der Waals surface area contributed by atoms with Gasteiger partial charge >= 0.3 is 0 Å². The minimum atomic E-state index is -0.403. The Morgan fingerprint density at radius 3 is 2.65 bits per heavy atom. The Balaban J connectivity index is 1.78. The van der Waals surface area contributed by atoms with Crippen LogP contribution in [0.4, 0.5) is 0 Å². The van der Waals surface area contributed by atoms with Crippen LogP contribution in [0, 0.1) is 0 Å². The molecule has 0 radical (unpaired) electrons. The van der Waals surface area contributed by atoms with Gasteiger partial charge in [0.05, 0.1) is 6.10 Å². The fraction of sp³-hybridized carbons (Fsp3) is 0.333. The van der Waals surface area contributed by atoms with Gasteiger partial charge in [0, 0.05) is 12.6 Å². The Labute approximate surface area is 101 Å². The molecule has 1 saturated carbocycles. The van der Waals surface area contributed by atoms with E-state index in [-0.39, 0.29) is 0 Å². The molecule has 2 nitrogen and oxygen atoms in total. The topological polar surface area (TPSA) is 32.3 Å². The number of fused-ring (bicyclic) bond motifs is 1. The fourth-order valence-corrected chi connectivity index (χ4v) is 2.10. The van der Waals surface area contributed by atoms with Crippen molar-refractivity contribution >= 4 is 10.8 Å². The number of aliphatic hydroxyl groups excluding tert-OH is 1. The second-order valence-corrected chi connectivity index (χ2v) is 4.80.